The van der Waals surface area contributed by atoms with Crippen LogP contribution in [0.4, 0.5) is 0 Å². The van der Waals surface area contributed by atoms with Crippen molar-refractivity contribution in [3.05, 3.63) is 0 Å². The summed E-state index contributed by atoms with van der Waals surface area (Å²) in [5.41, 5.74) is 15.6. The molecule has 2 atom stereocenters. The zero-order chi connectivity index (χ0) is 13.4. The van der Waals surface area contributed by atoms with Crippen LogP contribution in [0.2, 0.25) is 0 Å². The number of guanidine groups is 1. The maximum Gasteiger partial charge on any atom is 0.306 e. The van der Waals surface area contributed by atoms with Gasteiger partial charge in [0.15, 0.2) is 5.96 Å². The van der Waals surface area contributed by atoms with Gasteiger partial charge in [-0.1, -0.05) is 0 Å². The van der Waals surface area contributed by atoms with E-state index in [1.165, 1.54) is 0 Å². The molecule has 0 heterocycles. The van der Waals surface area contributed by atoms with E-state index < -0.39 is 17.9 Å². The standard InChI is InChI=1S/C10H20N4O3/c1-6(11)8(15)5-7(9(16)17)3-2-4-14-10(12)13/h6-7H,2-5,11H2,1H3,(H,16,17)(H4,12,13,14)/t6-,7+/m0/s1. The Hall–Kier alpha value is -1.63. The van der Waals surface area contributed by atoms with Crippen molar-refractivity contribution in [2.75, 3.05) is 6.54 Å². The number of carbonyl (C=O) groups is 2. The molecule has 17 heavy (non-hydrogen) atoms. The normalized spacial score (nSPS) is 13.8. The fourth-order valence-corrected chi connectivity index (χ4v) is 1.29. The number of nitrogens with two attached hydrogens (primary N) is 3. The van der Waals surface area contributed by atoms with Crippen LogP contribution in [0.5, 0.6) is 0 Å². The molecule has 0 amide bonds. The van der Waals surface area contributed by atoms with E-state index in [2.05, 4.69) is 4.99 Å². The van der Waals surface area contributed by atoms with Gasteiger partial charge < -0.3 is 22.3 Å². The second kappa shape index (κ2) is 7.61. The number of hydrogen-bond donors (Lipinski definition) is 4. The minimum Gasteiger partial charge on any atom is -0.481 e. The smallest absolute Gasteiger partial charge is 0.306 e. The molecule has 0 rings (SSSR count). The van der Waals surface area contributed by atoms with Gasteiger partial charge in [-0.05, 0) is 19.8 Å². The van der Waals surface area contributed by atoms with Gasteiger partial charge in [-0.2, -0.15) is 0 Å². The number of rotatable bonds is 8. The number of hydrogen-bond acceptors (Lipinski definition) is 4. The zero-order valence-corrected chi connectivity index (χ0v) is 9.93. The molecule has 0 bridgehead atoms. The molecule has 0 aliphatic rings. The van der Waals surface area contributed by atoms with Gasteiger partial charge in [-0.25, -0.2) is 0 Å². The quantitative estimate of drug-likeness (QED) is 0.246. The van der Waals surface area contributed by atoms with Crippen molar-refractivity contribution in [3.8, 4) is 0 Å². The van der Waals surface area contributed by atoms with Crippen molar-refractivity contribution in [2.24, 2.45) is 28.1 Å². The number of aliphatic imine (C=N–C) groups is 1. The van der Waals surface area contributed by atoms with Crippen LogP contribution < -0.4 is 17.2 Å². The Morgan fingerprint density at radius 2 is 1.94 bits per heavy atom. The van der Waals surface area contributed by atoms with Gasteiger partial charge in [0.05, 0.1) is 12.0 Å². The Kier molecular flexibility index (Phi) is 6.88. The molecule has 0 radical (unpaired) electrons. The third-order valence-electron chi connectivity index (χ3n) is 2.31. The Morgan fingerprint density at radius 1 is 1.35 bits per heavy atom. The lowest BCUT2D eigenvalue weighted by molar-refractivity contribution is -0.144. The van der Waals surface area contributed by atoms with E-state index in [4.69, 9.17) is 22.3 Å². The van der Waals surface area contributed by atoms with E-state index in [-0.39, 0.29) is 18.2 Å². The third kappa shape index (κ3) is 7.29. The van der Waals surface area contributed by atoms with E-state index in [1.807, 2.05) is 0 Å². The minimum absolute atomic E-state index is 0.0245. The number of aliphatic carboxylic acids is 1. The van der Waals surface area contributed by atoms with Gasteiger partial charge in [0.2, 0.25) is 0 Å². The van der Waals surface area contributed by atoms with Crippen molar-refractivity contribution in [3.63, 3.8) is 0 Å². The average molecular weight is 244 g/mol. The molecule has 0 spiro atoms. The molecule has 0 fully saturated rings. The van der Waals surface area contributed by atoms with Gasteiger partial charge in [0.25, 0.3) is 0 Å². The maximum absolute atomic E-state index is 11.3. The Morgan fingerprint density at radius 3 is 2.35 bits per heavy atom. The lowest BCUT2D eigenvalue weighted by atomic mass is 9.95. The molecule has 0 aromatic rings. The molecule has 0 aromatic heterocycles. The largest absolute Gasteiger partial charge is 0.481 e. The monoisotopic (exact) mass is 244 g/mol. The highest BCUT2D eigenvalue weighted by Crippen LogP contribution is 2.13. The summed E-state index contributed by atoms with van der Waals surface area (Å²) >= 11 is 0. The molecule has 0 saturated carbocycles. The van der Waals surface area contributed by atoms with E-state index in [9.17, 15) is 9.59 Å². The first-order valence-corrected chi connectivity index (χ1v) is 5.41. The molecule has 7 nitrogen and oxygen atoms in total. The molecule has 98 valence electrons. The Labute approximate surface area is 100 Å². The summed E-state index contributed by atoms with van der Waals surface area (Å²) in [6.45, 7) is 1.90. The molecule has 0 aliphatic carbocycles. The highest BCUT2D eigenvalue weighted by molar-refractivity contribution is 5.87. The molecular formula is C10H20N4O3. The van der Waals surface area contributed by atoms with E-state index in [1.54, 1.807) is 6.92 Å². The van der Waals surface area contributed by atoms with Crippen molar-refractivity contribution in [2.45, 2.75) is 32.2 Å². The number of carboxylic acid groups (broad SMARTS) is 1. The van der Waals surface area contributed by atoms with Crippen LogP contribution in [-0.2, 0) is 9.59 Å². The number of ketones is 1. The first kappa shape index (κ1) is 15.4. The van der Waals surface area contributed by atoms with Crippen LogP contribution >= 0.6 is 0 Å². The Balaban J connectivity index is 4.13. The third-order valence-corrected chi connectivity index (χ3v) is 2.31. The maximum atomic E-state index is 11.3. The topological polar surface area (TPSA) is 145 Å². The van der Waals surface area contributed by atoms with Gasteiger partial charge in [-0.15, -0.1) is 0 Å². The van der Waals surface area contributed by atoms with Crippen molar-refractivity contribution in [1.82, 2.24) is 0 Å². The summed E-state index contributed by atoms with van der Waals surface area (Å²) < 4.78 is 0. The van der Waals surface area contributed by atoms with E-state index >= 15 is 0 Å². The zero-order valence-electron chi connectivity index (χ0n) is 9.93. The van der Waals surface area contributed by atoms with E-state index in [0.717, 1.165) is 0 Å². The first-order valence-electron chi connectivity index (χ1n) is 5.41. The number of carbonyl (C=O) groups excluding carboxylic acids is 1. The predicted molar refractivity (Wildman–Crippen MR) is 64.3 cm³/mol. The van der Waals surface area contributed by atoms with Crippen molar-refractivity contribution < 1.29 is 14.7 Å². The summed E-state index contributed by atoms with van der Waals surface area (Å²) in [6.07, 6.45) is 0.820. The number of carboxylic acids is 1. The van der Waals surface area contributed by atoms with Crippen LogP contribution in [0.1, 0.15) is 26.2 Å². The second-order valence-corrected chi connectivity index (χ2v) is 3.94. The van der Waals surface area contributed by atoms with Gasteiger partial charge in [-0.3, -0.25) is 14.6 Å². The van der Waals surface area contributed by atoms with Crippen molar-refractivity contribution in [1.29, 1.82) is 0 Å². The SMILES string of the molecule is C[C@H](N)C(=O)C[C@@H](CCCN=C(N)N)C(=O)O. The highest BCUT2D eigenvalue weighted by Gasteiger charge is 2.22. The highest BCUT2D eigenvalue weighted by atomic mass is 16.4. The lowest BCUT2D eigenvalue weighted by Crippen LogP contribution is -2.30. The molecule has 7 N–H and O–H groups in total. The molecule has 7 heteroatoms. The fourth-order valence-electron chi connectivity index (χ4n) is 1.29. The summed E-state index contributed by atoms with van der Waals surface area (Å²) in [5.74, 6) is -1.99. The molecule has 0 aliphatic heterocycles. The summed E-state index contributed by atoms with van der Waals surface area (Å²) in [6, 6.07) is -0.630. The molecule has 0 saturated heterocycles. The molecular weight excluding hydrogens is 224 g/mol. The average Bonchev–Trinajstić information content (AvgIpc) is 2.21. The van der Waals surface area contributed by atoms with E-state index in [0.29, 0.717) is 19.4 Å². The van der Waals surface area contributed by atoms with Crippen LogP contribution in [0.25, 0.3) is 0 Å². The van der Waals surface area contributed by atoms with Crippen LogP contribution in [0.15, 0.2) is 4.99 Å². The summed E-state index contributed by atoms with van der Waals surface area (Å²) in [7, 11) is 0. The number of Topliss-reactive ketones (excluding diaryl/α,β-unsaturated/α-hetero) is 1. The Bertz CT molecular complexity index is 298. The fraction of sp³-hybridized carbons (Fsp3) is 0.700. The van der Waals surface area contributed by atoms with Gasteiger partial charge >= 0.3 is 5.97 Å². The molecule has 0 aromatic carbocycles. The number of nitrogens with zero attached hydrogens (tertiary/aromatic N) is 1. The second-order valence-electron chi connectivity index (χ2n) is 3.94. The van der Waals surface area contributed by atoms with Crippen molar-refractivity contribution >= 4 is 17.7 Å². The lowest BCUT2D eigenvalue weighted by Gasteiger charge is -2.12. The predicted octanol–water partition coefficient (Wildman–Crippen LogP) is -0.953. The summed E-state index contributed by atoms with van der Waals surface area (Å²) in [5, 5.41) is 8.93. The van der Waals surface area contributed by atoms with Crippen LogP contribution in [0.3, 0.4) is 0 Å². The minimum atomic E-state index is -0.997. The van der Waals surface area contributed by atoms with Crippen LogP contribution in [-0.4, -0.2) is 35.4 Å². The molecule has 0 unspecified atom stereocenters. The van der Waals surface area contributed by atoms with Gasteiger partial charge in [0, 0.05) is 13.0 Å². The van der Waals surface area contributed by atoms with Gasteiger partial charge in [0.1, 0.15) is 5.78 Å². The first-order chi connectivity index (χ1) is 7.84. The van der Waals surface area contributed by atoms with Crippen LogP contribution in [0, 0.1) is 5.92 Å². The summed E-state index contributed by atoms with van der Waals surface area (Å²) in [4.78, 5) is 26.0.